The van der Waals surface area contributed by atoms with Gasteiger partial charge in [-0.15, -0.1) is 0 Å². The molecule has 5 saturated carbocycles. The Kier molecular flexibility index (Phi) is 9.47. The van der Waals surface area contributed by atoms with E-state index in [0.717, 1.165) is 30.6 Å². The van der Waals surface area contributed by atoms with Crippen LogP contribution >= 0.6 is 0 Å². The van der Waals surface area contributed by atoms with Gasteiger partial charge < -0.3 is 10.2 Å². The predicted octanol–water partition coefficient (Wildman–Crippen LogP) is 9.44. The molecule has 0 aliphatic heterocycles. The number of ketones is 1. The largest absolute Gasteiger partial charge is 0.393 e. The van der Waals surface area contributed by atoms with Crippen molar-refractivity contribution in [1.82, 2.24) is 0 Å². The van der Waals surface area contributed by atoms with Gasteiger partial charge in [0, 0.05) is 11.3 Å². The second-order valence-electron chi connectivity index (χ2n) is 19.0. The number of carbonyl (C=O) groups excluding carboxylic acids is 1. The standard InChI is InChI=1S/C40H70O3/c1-22(2)29-15-12-28(13-16-29)14-17-30-18-31(23(3)4)32-20-38(9)21-39(10)19-24(5)33(27(8)41)37(43)40(39,11)26(7)35(38)36(42)34(32)25(30)6/h22-36,41-42H,12-21H2,1-11H3. The van der Waals surface area contributed by atoms with E-state index < -0.39 is 11.5 Å². The fourth-order valence-electron chi connectivity index (χ4n) is 13.7. The van der Waals surface area contributed by atoms with Crippen molar-refractivity contribution in [3.8, 4) is 0 Å². The van der Waals surface area contributed by atoms with Crippen LogP contribution in [0.3, 0.4) is 0 Å². The van der Waals surface area contributed by atoms with E-state index in [2.05, 4.69) is 69.2 Å². The quantitative estimate of drug-likeness (QED) is 0.320. The maximum Gasteiger partial charge on any atom is 0.145 e. The fraction of sp³-hybridized carbons (Fsp3) is 0.975. The topological polar surface area (TPSA) is 57.5 Å². The van der Waals surface area contributed by atoms with Gasteiger partial charge in [-0.1, -0.05) is 88.5 Å². The Morgan fingerprint density at radius 3 is 2.07 bits per heavy atom. The van der Waals surface area contributed by atoms with Crippen LogP contribution in [0, 0.1) is 93.2 Å². The van der Waals surface area contributed by atoms with Crippen molar-refractivity contribution in [2.75, 3.05) is 0 Å². The highest BCUT2D eigenvalue weighted by molar-refractivity contribution is 5.89. The number of rotatable bonds is 6. The predicted molar refractivity (Wildman–Crippen MR) is 178 cm³/mol. The summed E-state index contributed by atoms with van der Waals surface area (Å²) in [5.41, 5.74) is -0.569. The molecule has 0 bridgehead atoms. The van der Waals surface area contributed by atoms with Crippen LogP contribution in [0.25, 0.3) is 0 Å². The minimum absolute atomic E-state index is 0.0423. The van der Waals surface area contributed by atoms with E-state index in [1.165, 1.54) is 51.4 Å². The van der Waals surface area contributed by atoms with Crippen LogP contribution in [-0.4, -0.2) is 28.2 Å². The maximum atomic E-state index is 14.4. The number of fused-ring (bicyclic) bond motifs is 3. The van der Waals surface area contributed by atoms with Crippen LogP contribution in [0.4, 0.5) is 0 Å². The molecule has 3 heteroatoms. The van der Waals surface area contributed by atoms with Gasteiger partial charge in [-0.05, 0) is 134 Å². The lowest BCUT2D eigenvalue weighted by Crippen LogP contribution is -2.69. The minimum Gasteiger partial charge on any atom is -0.393 e. The SMILES string of the molecule is CC(C)C1CCC(CCC2CC(C(C)C)C3CC4(C)CC5(C)CC(C)C(C(C)O)C(=O)C5(C)C(C)C4C(O)C3C2C)CC1. The molecular weight excluding hydrogens is 528 g/mol. The monoisotopic (exact) mass is 599 g/mol. The van der Waals surface area contributed by atoms with Crippen molar-refractivity contribution in [3.05, 3.63) is 0 Å². The molecule has 14 unspecified atom stereocenters. The number of aliphatic hydroxyl groups excluding tert-OH is 2. The summed E-state index contributed by atoms with van der Waals surface area (Å²) in [6.45, 7) is 25.6. The molecule has 14 atom stereocenters. The Labute approximate surface area is 266 Å². The van der Waals surface area contributed by atoms with Crippen molar-refractivity contribution < 1.29 is 15.0 Å². The van der Waals surface area contributed by atoms with Crippen molar-refractivity contribution >= 4 is 5.78 Å². The van der Waals surface area contributed by atoms with Crippen molar-refractivity contribution in [3.63, 3.8) is 0 Å². The molecule has 43 heavy (non-hydrogen) atoms. The Balaban J connectivity index is 1.41. The van der Waals surface area contributed by atoms with Crippen LogP contribution in [0.1, 0.15) is 140 Å². The van der Waals surface area contributed by atoms with Crippen molar-refractivity contribution in [2.24, 2.45) is 93.2 Å². The summed E-state index contributed by atoms with van der Waals surface area (Å²) in [5.74, 6) is 6.54. The van der Waals surface area contributed by atoms with Crippen LogP contribution in [0.15, 0.2) is 0 Å². The Bertz CT molecular complexity index is 994. The molecule has 2 N–H and O–H groups in total. The average Bonchev–Trinajstić information content (AvgIpc) is 2.89. The smallest absolute Gasteiger partial charge is 0.145 e. The Hall–Kier alpha value is -0.410. The van der Waals surface area contributed by atoms with Gasteiger partial charge in [-0.25, -0.2) is 0 Å². The number of carbonyl (C=O) groups is 1. The Morgan fingerprint density at radius 2 is 1.51 bits per heavy atom. The van der Waals surface area contributed by atoms with Crippen LogP contribution in [0.2, 0.25) is 0 Å². The molecule has 0 spiro atoms. The van der Waals surface area contributed by atoms with Gasteiger partial charge in [0.2, 0.25) is 0 Å². The molecule has 248 valence electrons. The van der Waals surface area contributed by atoms with E-state index in [9.17, 15) is 15.0 Å². The maximum absolute atomic E-state index is 14.4. The minimum atomic E-state index is -0.614. The van der Waals surface area contributed by atoms with E-state index >= 15 is 0 Å². The summed E-state index contributed by atoms with van der Waals surface area (Å²) < 4.78 is 0. The van der Waals surface area contributed by atoms with Gasteiger partial charge in [-0.3, -0.25) is 4.79 Å². The van der Waals surface area contributed by atoms with Crippen LogP contribution < -0.4 is 0 Å². The Morgan fingerprint density at radius 1 is 0.884 bits per heavy atom. The summed E-state index contributed by atoms with van der Waals surface area (Å²) in [5, 5.41) is 23.4. The molecule has 0 amide bonds. The lowest BCUT2D eigenvalue weighted by molar-refractivity contribution is -0.241. The number of Topliss-reactive ketones (excluding diaryl/α,β-unsaturated/α-hetero) is 1. The molecule has 0 aromatic rings. The number of hydrogen-bond acceptors (Lipinski definition) is 3. The molecule has 0 aromatic carbocycles. The summed E-state index contributed by atoms with van der Waals surface area (Å²) in [4.78, 5) is 14.4. The normalized spacial score (nSPS) is 52.9. The highest BCUT2D eigenvalue weighted by Gasteiger charge is 2.70. The molecule has 0 heterocycles. The first-order chi connectivity index (χ1) is 20.0. The van der Waals surface area contributed by atoms with E-state index in [-0.39, 0.29) is 46.4 Å². The summed E-state index contributed by atoms with van der Waals surface area (Å²) in [6.07, 6.45) is 12.0. The highest BCUT2D eigenvalue weighted by Crippen LogP contribution is 2.72. The van der Waals surface area contributed by atoms with Gasteiger partial charge >= 0.3 is 0 Å². The molecule has 5 rings (SSSR count). The third-order valence-corrected chi connectivity index (χ3v) is 16.1. The van der Waals surface area contributed by atoms with E-state index in [0.29, 0.717) is 35.5 Å². The molecule has 0 saturated heterocycles. The second kappa shape index (κ2) is 12.0. The third kappa shape index (κ3) is 5.43. The zero-order valence-electron chi connectivity index (χ0n) is 30.0. The first-order valence-electron chi connectivity index (χ1n) is 18.9. The van der Waals surface area contributed by atoms with E-state index in [1.54, 1.807) is 0 Å². The summed E-state index contributed by atoms with van der Waals surface area (Å²) >= 11 is 0. The molecule has 5 fully saturated rings. The first-order valence-corrected chi connectivity index (χ1v) is 18.9. The zero-order valence-corrected chi connectivity index (χ0v) is 30.0. The lowest BCUT2D eigenvalue weighted by atomic mass is 9.34. The highest BCUT2D eigenvalue weighted by atomic mass is 16.3. The average molecular weight is 599 g/mol. The first kappa shape index (κ1) is 33.9. The molecule has 5 aliphatic rings. The third-order valence-electron chi connectivity index (χ3n) is 16.1. The van der Waals surface area contributed by atoms with Gasteiger partial charge in [0.1, 0.15) is 5.78 Å². The summed E-state index contributed by atoms with van der Waals surface area (Å²) in [7, 11) is 0. The molecule has 0 aromatic heterocycles. The van der Waals surface area contributed by atoms with Gasteiger partial charge in [0.25, 0.3) is 0 Å². The number of aliphatic hydroxyl groups is 2. The van der Waals surface area contributed by atoms with Crippen LogP contribution in [0.5, 0.6) is 0 Å². The van der Waals surface area contributed by atoms with Gasteiger partial charge in [0.05, 0.1) is 12.2 Å². The van der Waals surface area contributed by atoms with Crippen LogP contribution in [-0.2, 0) is 4.79 Å². The molecule has 0 radical (unpaired) electrons. The number of hydrogen-bond donors (Lipinski definition) is 2. The van der Waals surface area contributed by atoms with E-state index in [4.69, 9.17) is 0 Å². The molecule has 3 nitrogen and oxygen atoms in total. The van der Waals surface area contributed by atoms with Crippen molar-refractivity contribution in [1.29, 1.82) is 0 Å². The zero-order chi connectivity index (χ0) is 31.8. The fourth-order valence-corrected chi connectivity index (χ4v) is 13.7. The summed E-state index contributed by atoms with van der Waals surface area (Å²) in [6, 6.07) is 0. The molecule has 5 aliphatic carbocycles. The van der Waals surface area contributed by atoms with Gasteiger partial charge in [0.15, 0.2) is 0 Å². The van der Waals surface area contributed by atoms with Gasteiger partial charge in [-0.2, -0.15) is 0 Å². The second-order valence-corrected chi connectivity index (χ2v) is 19.0. The lowest BCUT2D eigenvalue weighted by Gasteiger charge is -2.70. The van der Waals surface area contributed by atoms with Crippen molar-refractivity contribution in [2.45, 2.75) is 153 Å². The van der Waals surface area contributed by atoms with E-state index in [1.807, 2.05) is 6.92 Å². The molecular formula is C40H70O3.